The minimum absolute atomic E-state index is 0.0301. The smallest absolute Gasteiger partial charge is 0.267 e. The fourth-order valence-electron chi connectivity index (χ4n) is 1.71. The van der Waals surface area contributed by atoms with E-state index in [0.29, 0.717) is 11.5 Å². The van der Waals surface area contributed by atoms with E-state index in [-0.39, 0.29) is 11.3 Å². The lowest BCUT2D eigenvalue weighted by atomic mass is 10.2. The van der Waals surface area contributed by atoms with Crippen LogP contribution in [0.5, 0.6) is 5.75 Å². The third-order valence-corrected chi connectivity index (χ3v) is 2.83. The van der Waals surface area contributed by atoms with E-state index in [1.807, 2.05) is 19.1 Å². The molecule has 1 amide bonds. The molecule has 3 N–H and O–H groups in total. The van der Waals surface area contributed by atoms with Crippen molar-refractivity contribution in [1.82, 2.24) is 4.98 Å². The number of amides is 1. The van der Waals surface area contributed by atoms with Gasteiger partial charge in [-0.3, -0.25) is 4.79 Å². The number of carbonyl (C=O) groups is 1. The molecule has 0 fully saturated rings. The molecule has 6 heteroatoms. The topological polar surface area (TPSA) is 98.0 Å². The average molecular weight is 294 g/mol. The van der Waals surface area contributed by atoms with E-state index in [4.69, 9.17) is 5.26 Å². The summed E-state index contributed by atoms with van der Waals surface area (Å²) in [7, 11) is 0. The van der Waals surface area contributed by atoms with E-state index in [1.54, 1.807) is 24.4 Å². The van der Waals surface area contributed by atoms with Crippen LogP contribution in [0.15, 0.2) is 54.4 Å². The van der Waals surface area contributed by atoms with Crippen LogP contribution in [0.25, 0.3) is 0 Å². The third kappa shape index (κ3) is 3.84. The van der Waals surface area contributed by atoms with Gasteiger partial charge in [0.05, 0.1) is 0 Å². The first-order valence-corrected chi connectivity index (χ1v) is 6.49. The molecule has 0 aliphatic heterocycles. The van der Waals surface area contributed by atoms with Gasteiger partial charge in [-0.25, -0.2) is 4.98 Å². The SMILES string of the molecule is Cc1cccnc1N/C=C(/C#N)C(=O)Nc1cccc(O)c1. The van der Waals surface area contributed by atoms with Crippen LogP contribution in [0.3, 0.4) is 0 Å². The number of nitrogens with zero attached hydrogens (tertiary/aromatic N) is 2. The first-order valence-electron chi connectivity index (χ1n) is 6.49. The van der Waals surface area contributed by atoms with Crippen LogP contribution in [-0.4, -0.2) is 16.0 Å². The highest BCUT2D eigenvalue weighted by molar-refractivity contribution is 6.06. The van der Waals surface area contributed by atoms with Gasteiger partial charge in [0, 0.05) is 24.2 Å². The second kappa shape index (κ2) is 6.90. The standard InChI is InChI=1S/C16H14N4O2/c1-11-4-3-7-18-15(11)19-10-12(9-17)16(22)20-13-5-2-6-14(21)8-13/h2-8,10,21H,1H3,(H,18,19)(H,20,22)/b12-10-. The maximum absolute atomic E-state index is 12.0. The van der Waals surface area contributed by atoms with Gasteiger partial charge >= 0.3 is 0 Å². The maximum atomic E-state index is 12.0. The summed E-state index contributed by atoms with van der Waals surface area (Å²) in [6, 6.07) is 11.6. The van der Waals surface area contributed by atoms with Crippen molar-refractivity contribution in [1.29, 1.82) is 5.26 Å². The largest absolute Gasteiger partial charge is 0.508 e. The number of hydrogen-bond acceptors (Lipinski definition) is 5. The zero-order valence-corrected chi connectivity index (χ0v) is 11.9. The lowest BCUT2D eigenvalue weighted by Crippen LogP contribution is -2.14. The van der Waals surface area contributed by atoms with Crippen LogP contribution >= 0.6 is 0 Å². The number of aryl methyl sites for hydroxylation is 1. The molecule has 0 radical (unpaired) electrons. The van der Waals surface area contributed by atoms with Crippen molar-refractivity contribution in [3.63, 3.8) is 0 Å². The number of aromatic hydroxyl groups is 1. The highest BCUT2D eigenvalue weighted by atomic mass is 16.3. The number of hydrogen-bond donors (Lipinski definition) is 3. The number of aromatic nitrogens is 1. The molecule has 0 aliphatic rings. The Morgan fingerprint density at radius 2 is 2.18 bits per heavy atom. The van der Waals surface area contributed by atoms with Crippen molar-refractivity contribution in [2.24, 2.45) is 0 Å². The number of carbonyl (C=O) groups excluding carboxylic acids is 1. The van der Waals surface area contributed by atoms with Gasteiger partial charge in [0.1, 0.15) is 23.2 Å². The zero-order valence-electron chi connectivity index (χ0n) is 11.9. The quantitative estimate of drug-likeness (QED) is 0.594. The van der Waals surface area contributed by atoms with Crippen molar-refractivity contribution in [2.75, 3.05) is 10.6 Å². The summed E-state index contributed by atoms with van der Waals surface area (Å²) >= 11 is 0. The lowest BCUT2D eigenvalue weighted by Gasteiger charge is -2.06. The van der Waals surface area contributed by atoms with Crippen molar-refractivity contribution < 1.29 is 9.90 Å². The number of pyridine rings is 1. The van der Waals surface area contributed by atoms with Crippen LogP contribution in [0.2, 0.25) is 0 Å². The van der Waals surface area contributed by atoms with Crippen molar-refractivity contribution in [3.05, 3.63) is 59.9 Å². The van der Waals surface area contributed by atoms with Crippen LogP contribution in [-0.2, 0) is 4.79 Å². The second-order valence-electron chi connectivity index (χ2n) is 4.49. The molecule has 1 heterocycles. The molecule has 110 valence electrons. The molecule has 2 rings (SSSR count). The van der Waals surface area contributed by atoms with Crippen molar-refractivity contribution in [2.45, 2.75) is 6.92 Å². The summed E-state index contributed by atoms with van der Waals surface area (Å²) in [5.41, 5.74) is 1.19. The highest BCUT2D eigenvalue weighted by Crippen LogP contribution is 2.16. The zero-order chi connectivity index (χ0) is 15.9. The van der Waals surface area contributed by atoms with Gasteiger partial charge < -0.3 is 15.7 Å². The Morgan fingerprint density at radius 1 is 1.36 bits per heavy atom. The fourth-order valence-corrected chi connectivity index (χ4v) is 1.71. The van der Waals surface area contributed by atoms with Gasteiger partial charge in [-0.05, 0) is 30.7 Å². The summed E-state index contributed by atoms with van der Waals surface area (Å²) in [6.45, 7) is 1.86. The summed E-state index contributed by atoms with van der Waals surface area (Å²) in [4.78, 5) is 16.1. The number of rotatable bonds is 4. The molecule has 6 nitrogen and oxygen atoms in total. The third-order valence-electron chi connectivity index (χ3n) is 2.83. The molecule has 0 bridgehead atoms. The molecule has 0 saturated carbocycles. The van der Waals surface area contributed by atoms with Gasteiger partial charge in [0.25, 0.3) is 5.91 Å². The fraction of sp³-hybridized carbons (Fsp3) is 0.0625. The Labute approximate surface area is 127 Å². The monoisotopic (exact) mass is 294 g/mol. The minimum Gasteiger partial charge on any atom is -0.508 e. The Hall–Kier alpha value is -3.33. The number of nitriles is 1. The molecule has 2 aromatic rings. The van der Waals surface area contributed by atoms with Crippen molar-refractivity contribution in [3.8, 4) is 11.8 Å². The number of anilines is 2. The normalized spacial score (nSPS) is 10.6. The molecule has 1 aromatic heterocycles. The first-order chi connectivity index (χ1) is 10.6. The van der Waals surface area contributed by atoms with Gasteiger partial charge in [0.15, 0.2) is 0 Å². The van der Waals surface area contributed by atoms with Gasteiger partial charge in [-0.2, -0.15) is 5.26 Å². The highest BCUT2D eigenvalue weighted by Gasteiger charge is 2.10. The molecule has 0 unspecified atom stereocenters. The van der Waals surface area contributed by atoms with Gasteiger partial charge in [0.2, 0.25) is 0 Å². The van der Waals surface area contributed by atoms with E-state index in [0.717, 1.165) is 5.56 Å². The number of benzene rings is 1. The summed E-state index contributed by atoms with van der Waals surface area (Å²) in [6.07, 6.45) is 2.91. The molecule has 0 spiro atoms. The van der Waals surface area contributed by atoms with E-state index in [1.165, 1.54) is 18.3 Å². The summed E-state index contributed by atoms with van der Waals surface area (Å²) in [5, 5.41) is 23.8. The Balaban J connectivity index is 2.11. The molecular formula is C16H14N4O2. The Kier molecular flexibility index (Phi) is 4.73. The minimum atomic E-state index is -0.575. The number of nitrogens with one attached hydrogen (secondary N) is 2. The number of phenolic OH excluding ortho intramolecular Hbond substituents is 1. The molecule has 1 aromatic carbocycles. The van der Waals surface area contributed by atoms with E-state index in [2.05, 4.69) is 15.6 Å². The van der Waals surface area contributed by atoms with E-state index in [9.17, 15) is 9.90 Å². The Bertz CT molecular complexity index is 763. The van der Waals surface area contributed by atoms with Gasteiger partial charge in [-0.15, -0.1) is 0 Å². The van der Waals surface area contributed by atoms with E-state index >= 15 is 0 Å². The first kappa shape index (κ1) is 15.1. The lowest BCUT2D eigenvalue weighted by molar-refractivity contribution is -0.112. The summed E-state index contributed by atoms with van der Waals surface area (Å²) < 4.78 is 0. The van der Waals surface area contributed by atoms with Gasteiger partial charge in [-0.1, -0.05) is 12.1 Å². The number of phenols is 1. The summed E-state index contributed by atoms with van der Waals surface area (Å²) in [5.74, 6) is 0.0251. The predicted octanol–water partition coefficient (Wildman–Crippen LogP) is 2.55. The maximum Gasteiger partial charge on any atom is 0.267 e. The molecular weight excluding hydrogens is 280 g/mol. The van der Waals surface area contributed by atoms with Crippen LogP contribution in [0, 0.1) is 18.3 Å². The predicted molar refractivity (Wildman–Crippen MR) is 83.0 cm³/mol. The molecule has 0 atom stereocenters. The Morgan fingerprint density at radius 3 is 2.86 bits per heavy atom. The molecule has 0 aliphatic carbocycles. The van der Waals surface area contributed by atoms with Crippen LogP contribution in [0.4, 0.5) is 11.5 Å². The van der Waals surface area contributed by atoms with Crippen LogP contribution < -0.4 is 10.6 Å². The molecule has 0 saturated heterocycles. The van der Waals surface area contributed by atoms with Crippen LogP contribution in [0.1, 0.15) is 5.56 Å². The molecule has 22 heavy (non-hydrogen) atoms. The van der Waals surface area contributed by atoms with E-state index < -0.39 is 5.91 Å². The van der Waals surface area contributed by atoms with Crippen molar-refractivity contribution >= 4 is 17.4 Å². The second-order valence-corrected chi connectivity index (χ2v) is 4.49. The average Bonchev–Trinajstić information content (AvgIpc) is 2.49.